The Morgan fingerprint density at radius 3 is 3.00 bits per heavy atom. The molecule has 0 saturated carbocycles. The third-order valence-corrected chi connectivity index (χ3v) is 1.38. The summed E-state index contributed by atoms with van der Waals surface area (Å²) in [7, 11) is 0. The van der Waals surface area contributed by atoms with E-state index in [0.717, 1.165) is 5.52 Å². The van der Waals surface area contributed by atoms with Crippen molar-refractivity contribution in [3.8, 4) is 0 Å². The van der Waals surface area contributed by atoms with Crippen LogP contribution in [0, 0.1) is 6.07 Å². The Labute approximate surface area is 71.6 Å². The quantitative estimate of drug-likeness (QED) is 0.340. The molecule has 1 N–H and O–H groups in total. The summed E-state index contributed by atoms with van der Waals surface area (Å²) in [5, 5.41) is 1.22. The van der Waals surface area contributed by atoms with E-state index in [0.29, 0.717) is 0 Å². The minimum atomic E-state index is 0. The van der Waals surface area contributed by atoms with E-state index in [1.807, 2.05) is 24.4 Å². The summed E-state index contributed by atoms with van der Waals surface area (Å²) in [6, 6.07) is 11.1. The number of benzene rings is 1. The molecule has 0 aliphatic carbocycles. The molecule has 0 unspecified atom stereocenters. The molecule has 1 heterocycles. The molecule has 0 aliphatic heterocycles. The second kappa shape index (κ2) is 2.96. The van der Waals surface area contributed by atoms with Crippen LogP contribution in [0.3, 0.4) is 0 Å². The zero-order valence-corrected chi connectivity index (χ0v) is 5.89. The zero-order valence-electron chi connectivity index (χ0n) is 5.89. The van der Waals surface area contributed by atoms with Gasteiger partial charge in [0.2, 0.25) is 0 Å². The van der Waals surface area contributed by atoms with Crippen LogP contribution in [0.4, 0.5) is 0 Å². The summed E-state index contributed by atoms with van der Waals surface area (Å²) in [6.45, 7) is 0. The van der Waals surface area contributed by atoms with Gasteiger partial charge in [0.15, 0.2) is 0 Å². The van der Waals surface area contributed by atoms with Gasteiger partial charge in [0, 0.05) is 0 Å². The van der Waals surface area contributed by atoms with Gasteiger partial charge in [0.1, 0.15) is 0 Å². The Balaban J connectivity index is 0.000000500. The van der Waals surface area contributed by atoms with Crippen LogP contribution in [-0.2, 0) is 0 Å². The third kappa shape index (κ3) is 1.11. The molecule has 0 bridgehead atoms. The number of hydrogen-bond acceptors (Lipinski definition) is 0. The fourth-order valence-electron chi connectivity index (χ4n) is 0.929. The maximum absolute atomic E-state index is 3.08. The number of H-pyrrole nitrogens is 1. The average molecular weight is 123 g/mol. The Morgan fingerprint density at radius 2 is 2.20 bits per heavy atom. The van der Waals surface area contributed by atoms with E-state index in [-0.39, 0.29) is 18.9 Å². The average Bonchev–Trinajstić information content (AvgIpc) is 2.33. The van der Waals surface area contributed by atoms with E-state index >= 15 is 0 Å². The van der Waals surface area contributed by atoms with Crippen LogP contribution < -0.4 is 18.9 Å². The van der Waals surface area contributed by atoms with Gasteiger partial charge in [-0.25, -0.2) is 0 Å². The van der Waals surface area contributed by atoms with E-state index < -0.39 is 0 Å². The Bertz CT molecular complexity index is 283. The minimum Gasteiger partial charge on any atom is -0.385 e. The normalized spacial score (nSPS) is 9.20. The van der Waals surface area contributed by atoms with Crippen LogP contribution in [0.5, 0.6) is 0 Å². The molecule has 1 nitrogen and oxygen atoms in total. The number of rotatable bonds is 0. The monoisotopic (exact) mass is 123 g/mol. The van der Waals surface area contributed by atoms with Crippen LogP contribution in [0.2, 0.25) is 0 Å². The molecule has 1 aromatic heterocycles. The predicted molar refractivity (Wildman–Crippen MR) is 37.1 cm³/mol. The van der Waals surface area contributed by atoms with E-state index in [1.165, 1.54) is 5.39 Å². The topological polar surface area (TPSA) is 15.8 Å². The first-order chi connectivity index (χ1) is 4.47. The Morgan fingerprint density at radius 1 is 1.30 bits per heavy atom. The fraction of sp³-hybridized carbons (Fsp3) is 0. The summed E-state index contributed by atoms with van der Waals surface area (Å²) in [6.07, 6.45) is 1.92. The molecule has 2 heteroatoms. The van der Waals surface area contributed by atoms with Crippen molar-refractivity contribution < 1.29 is 18.9 Å². The second-order valence-electron chi connectivity index (χ2n) is 1.98. The van der Waals surface area contributed by atoms with E-state index in [4.69, 9.17) is 0 Å². The van der Waals surface area contributed by atoms with Gasteiger partial charge in [-0.3, -0.25) is 0 Å². The molecule has 2 rings (SSSR count). The van der Waals surface area contributed by atoms with Crippen molar-refractivity contribution >= 4 is 10.9 Å². The smallest absolute Gasteiger partial charge is 0.385 e. The van der Waals surface area contributed by atoms with Crippen molar-refractivity contribution in [3.05, 3.63) is 36.5 Å². The summed E-state index contributed by atoms with van der Waals surface area (Å²) < 4.78 is 0. The predicted octanol–water partition coefficient (Wildman–Crippen LogP) is -1.03. The standard InChI is InChI=1S/C8H6N.Li/c1-2-4-8-7(3-1)5-6-9-8;/h1-3,5-6,9H;/q-1;+1. The van der Waals surface area contributed by atoms with E-state index in [1.54, 1.807) is 0 Å². The molecule has 1 aromatic carbocycles. The van der Waals surface area contributed by atoms with Crippen LogP contribution in [0.25, 0.3) is 10.9 Å². The van der Waals surface area contributed by atoms with Crippen molar-refractivity contribution in [1.82, 2.24) is 4.98 Å². The largest absolute Gasteiger partial charge is 1.00 e. The van der Waals surface area contributed by atoms with Crippen LogP contribution in [-0.4, -0.2) is 4.98 Å². The summed E-state index contributed by atoms with van der Waals surface area (Å²) in [5.41, 5.74) is 1.08. The summed E-state index contributed by atoms with van der Waals surface area (Å²) in [4.78, 5) is 3.06. The maximum Gasteiger partial charge on any atom is 1.00 e. The summed E-state index contributed by atoms with van der Waals surface area (Å²) >= 11 is 0. The van der Waals surface area contributed by atoms with Crippen molar-refractivity contribution in [3.63, 3.8) is 0 Å². The molecule has 0 saturated heterocycles. The third-order valence-electron chi connectivity index (χ3n) is 1.38. The molecule has 0 amide bonds. The van der Waals surface area contributed by atoms with Crippen LogP contribution in [0.1, 0.15) is 0 Å². The number of hydrogen-bond donors (Lipinski definition) is 1. The van der Waals surface area contributed by atoms with Gasteiger partial charge < -0.3 is 4.98 Å². The first kappa shape index (κ1) is 7.46. The first-order valence-corrected chi connectivity index (χ1v) is 2.90. The number of nitrogens with one attached hydrogen (secondary N) is 1. The van der Waals surface area contributed by atoms with Crippen LogP contribution >= 0.6 is 0 Å². The molecular formula is C8H6LiN. The molecule has 0 spiro atoms. The van der Waals surface area contributed by atoms with Gasteiger partial charge in [-0.05, 0) is 6.20 Å². The Hall–Kier alpha value is -0.643. The van der Waals surface area contributed by atoms with E-state index in [2.05, 4.69) is 17.1 Å². The number of aromatic nitrogens is 1. The number of aromatic amines is 1. The van der Waals surface area contributed by atoms with Gasteiger partial charge in [0.05, 0.1) is 0 Å². The van der Waals surface area contributed by atoms with Gasteiger partial charge in [-0.1, -0.05) is 11.6 Å². The number of para-hydroxylation sites is 1. The van der Waals surface area contributed by atoms with Gasteiger partial charge in [-0.2, -0.15) is 24.3 Å². The molecule has 2 aromatic rings. The SMILES string of the molecule is [Li+].[c-]1cccc2cc[nH]c12. The van der Waals surface area contributed by atoms with Crippen molar-refractivity contribution in [2.24, 2.45) is 0 Å². The van der Waals surface area contributed by atoms with Crippen molar-refractivity contribution in [2.45, 2.75) is 0 Å². The van der Waals surface area contributed by atoms with Crippen LogP contribution in [0.15, 0.2) is 30.5 Å². The van der Waals surface area contributed by atoms with Crippen molar-refractivity contribution in [1.29, 1.82) is 0 Å². The molecular weight excluding hydrogens is 117 g/mol. The molecule has 44 valence electrons. The van der Waals surface area contributed by atoms with Gasteiger partial charge >= 0.3 is 18.9 Å². The minimum absolute atomic E-state index is 0. The second-order valence-corrected chi connectivity index (χ2v) is 1.98. The summed E-state index contributed by atoms with van der Waals surface area (Å²) in [5.74, 6) is 0. The maximum atomic E-state index is 3.08. The molecule has 10 heavy (non-hydrogen) atoms. The molecule has 0 aliphatic rings. The number of fused-ring (bicyclic) bond motifs is 1. The van der Waals surface area contributed by atoms with Crippen molar-refractivity contribution in [2.75, 3.05) is 0 Å². The molecule has 0 radical (unpaired) electrons. The van der Waals surface area contributed by atoms with Gasteiger partial charge in [-0.15, -0.1) is 5.39 Å². The Kier molecular flexibility index (Phi) is 2.21. The fourth-order valence-corrected chi connectivity index (χ4v) is 0.929. The molecule has 0 fully saturated rings. The van der Waals surface area contributed by atoms with E-state index in [9.17, 15) is 0 Å². The molecule has 0 atom stereocenters. The first-order valence-electron chi connectivity index (χ1n) is 2.90. The zero-order chi connectivity index (χ0) is 6.10. The van der Waals surface area contributed by atoms with Gasteiger partial charge in [0.25, 0.3) is 0 Å².